The molecule has 3 heterocycles. The molecule has 32 heavy (non-hydrogen) atoms. The highest BCUT2D eigenvalue weighted by molar-refractivity contribution is 7.89. The monoisotopic (exact) mass is 455 g/mol. The van der Waals surface area contributed by atoms with Gasteiger partial charge >= 0.3 is 5.97 Å². The van der Waals surface area contributed by atoms with E-state index in [1.165, 1.54) is 26.9 Å². The highest BCUT2D eigenvalue weighted by atomic mass is 32.2. The van der Waals surface area contributed by atoms with E-state index in [2.05, 4.69) is 4.98 Å². The number of nitrogens with zero attached hydrogens (tertiary/aromatic N) is 3. The predicted octanol–water partition coefficient (Wildman–Crippen LogP) is 2.46. The summed E-state index contributed by atoms with van der Waals surface area (Å²) in [5, 5.41) is 0. The van der Waals surface area contributed by atoms with Gasteiger partial charge in [-0.2, -0.15) is 4.31 Å². The van der Waals surface area contributed by atoms with E-state index >= 15 is 0 Å². The lowest BCUT2D eigenvalue weighted by Gasteiger charge is -2.25. The summed E-state index contributed by atoms with van der Waals surface area (Å²) in [5.41, 5.74) is 2.15. The van der Waals surface area contributed by atoms with Gasteiger partial charge in [0.05, 0.1) is 17.0 Å². The number of aromatic nitrogens is 2. The quantitative estimate of drug-likeness (QED) is 0.530. The largest absolute Gasteiger partial charge is 0.459 e. The molecule has 1 aliphatic rings. The minimum Gasteiger partial charge on any atom is -0.459 e. The Morgan fingerprint density at radius 1 is 1.09 bits per heavy atom. The number of ether oxygens (including phenoxy) is 1. The number of hydrogen-bond acceptors (Lipinski definition) is 6. The van der Waals surface area contributed by atoms with Gasteiger partial charge in [-0.1, -0.05) is 24.6 Å². The summed E-state index contributed by atoms with van der Waals surface area (Å²) >= 11 is 0. The number of piperidine rings is 1. The van der Waals surface area contributed by atoms with Crippen molar-refractivity contribution in [3.05, 3.63) is 75.8 Å². The average molecular weight is 456 g/mol. The number of fused-ring (bicyclic) bond motifs is 1. The van der Waals surface area contributed by atoms with Crippen molar-refractivity contribution >= 4 is 21.6 Å². The standard InChI is InChI=1S/C23H25N3O5S/c1-17-6-5-13-26-21(27)15-19(24-23(17)26)16-31-22(28)14-18-7-9-20(10-8-18)32(29,30)25-11-3-2-4-12-25/h5-10,13,15H,2-4,11-12,14,16H2,1H3. The first-order valence-corrected chi connectivity index (χ1v) is 12.0. The van der Waals surface area contributed by atoms with Gasteiger partial charge in [0.1, 0.15) is 12.3 Å². The van der Waals surface area contributed by atoms with Crippen molar-refractivity contribution in [2.75, 3.05) is 13.1 Å². The third kappa shape index (κ3) is 4.73. The molecule has 8 nitrogen and oxygen atoms in total. The summed E-state index contributed by atoms with van der Waals surface area (Å²) < 4.78 is 33.7. The fraction of sp³-hybridized carbons (Fsp3) is 0.348. The highest BCUT2D eigenvalue weighted by Crippen LogP contribution is 2.21. The van der Waals surface area contributed by atoms with Crippen LogP contribution in [-0.2, 0) is 32.6 Å². The Morgan fingerprint density at radius 2 is 1.81 bits per heavy atom. The average Bonchev–Trinajstić information content (AvgIpc) is 2.79. The van der Waals surface area contributed by atoms with Crippen LogP contribution in [0.2, 0.25) is 0 Å². The number of sulfonamides is 1. The Labute approximate surface area is 186 Å². The normalized spacial score (nSPS) is 15.0. The van der Waals surface area contributed by atoms with E-state index in [1.807, 2.05) is 13.0 Å². The molecule has 3 aromatic rings. The third-order valence-electron chi connectivity index (χ3n) is 5.54. The van der Waals surface area contributed by atoms with Crippen molar-refractivity contribution in [2.24, 2.45) is 0 Å². The van der Waals surface area contributed by atoms with Gasteiger partial charge in [-0.05, 0) is 49.1 Å². The minimum absolute atomic E-state index is 0.00433. The molecule has 1 saturated heterocycles. The Hall–Kier alpha value is -3.04. The van der Waals surface area contributed by atoms with Crippen LogP contribution in [0.1, 0.15) is 36.1 Å². The summed E-state index contributed by atoms with van der Waals surface area (Å²) in [6.45, 7) is 2.83. The zero-order chi connectivity index (χ0) is 22.7. The highest BCUT2D eigenvalue weighted by Gasteiger charge is 2.25. The van der Waals surface area contributed by atoms with Crippen molar-refractivity contribution in [3.63, 3.8) is 0 Å². The molecule has 0 aliphatic carbocycles. The number of esters is 1. The van der Waals surface area contributed by atoms with Crippen molar-refractivity contribution in [3.8, 4) is 0 Å². The topological polar surface area (TPSA) is 98.0 Å². The molecule has 1 aliphatic heterocycles. The Morgan fingerprint density at radius 3 is 2.53 bits per heavy atom. The second kappa shape index (κ2) is 9.22. The number of aryl methyl sites for hydroxylation is 1. The molecule has 4 rings (SSSR count). The van der Waals surface area contributed by atoms with Crippen molar-refractivity contribution < 1.29 is 17.9 Å². The Kier molecular flexibility index (Phi) is 6.38. The van der Waals surface area contributed by atoms with Crippen LogP contribution < -0.4 is 5.56 Å². The second-order valence-electron chi connectivity index (χ2n) is 7.92. The van der Waals surface area contributed by atoms with Crippen LogP contribution in [0.25, 0.3) is 5.65 Å². The zero-order valence-corrected chi connectivity index (χ0v) is 18.7. The summed E-state index contributed by atoms with van der Waals surface area (Å²) in [7, 11) is -3.50. The number of benzene rings is 1. The summed E-state index contributed by atoms with van der Waals surface area (Å²) in [6.07, 6.45) is 4.44. The minimum atomic E-state index is -3.50. The van der Waals surface area contributed by atoms with Crippen LogP contribution in [-0.4, -0.2) is 41.2 Å². The Balaban J connectivity index is 1.39. The van der Waals surface area contributed by atoms with Crippen LogP contribution in [0.15, 0.2) is 58.4 Å². The lowest BCUT2D eigenvalue weighted by atomic mass is 10.1. The number of carbonyl (C=O) groups is 1. The SMILES string of the molecule is Cc1cccn2c(=O)cc(COC(=O)Cc3ccc(S(=O)(=O)N4CCCCC4)cc3)nc12. The fourth-order valence-corrected chi connectivity index (χ4v) is 5.31. The lowest BCUT2D eigenvalue weighted by molar-refractivity contribution is -0.144. The third-order valence-corrected chi connectivity index (χ3v) is 7.46. The predicted molar refractivity (Wildman–Crippen MR) is 119 cm³/mol. The first kappa shape index (κ1) is 22.2. The van der Waals surface area contributed by atoms with E-state index in [-0.39, 0.29) is 23.5 Å². The number of hydrogen-bond donors (Lipinski definition) is 0. The fourth-order valence-electron chi connectivity index (χ4n) is 3.79. The maximum absolute atomic E-state index is 12.7. The van der Waals surface area contributed by atoms with Crippen LogP contribution in [0.3, 0.4) is 0 Å². The van der Waals surface area contributed by atoms with Gasteiger partial charge in [-0.25, -0.2) is 13.4 Å². The van der Waals surface area contributed by atoms with E-state index in [1.54, 1.807) is 24.4 Å². The molecule has 0 unspecified atom stereocenters. The molecule has 0 saturated carbocycles. The van der Waals surface area contributed by atoms with Gasteiger partial charge in [0, 0.05) is 25.4 Å². The molecule has 0 spiro atoms. The lowest BCUT2D eigenvalue weighted by Crippen LogP contribution is -2.35. The van der Waals surface area contributed by atoms with E-state index in [0.717, 1.165) is 24.8 Å². The van der Waals surface area contributed by atoms with Crippen molar-refractivity contribution in [1.29, 1.82) is 0 Å². The van der Waals surface area contributed by atoms with E-state index in [0.29, 0.717) is 30.0 Å². The molecule has 0 amide bonds. The maximum atomic E-state index is 12.7. The molecular weight excluding hydrogens is 430 g/mol. The van der Waals surface area contributed by atoms with Crippen LogP contribution in [0.4, 0.5) is 0 Å². The molecule has 0 bridgehead atoms. The first-order chi connectivity index (χ1) is 15.3. The molecule has 2 aromatic heterocycles. The molecule has 9 heteroatoms. The molecular formula is C23H25N3O5S. The van der Waals surface area contributed by atoms with E-state index < -0.39 is 16.0 Å². The molecule has 0 atom stereocenters. The van der Waals surface area contributed by atoms with Crippen molar-refractivity contribution in [1.82, 2.24) is 13.7 Å². The Bertz CT molecular complexity index is 1290. The second-order valence-corrected chi connectivity index (χ2v) is 9.85. The smallest absolute Gasteiger partial charge is 0.310 e. The van der Waals surface area contributed by atoms with Crippen LogP contribution in [0.5, 0.6) is 0 Å². The number of rotatable bonds is 6. The van der Waals surface area contributed by atoms with Gasteiger partial charge in [-0.3, -0.25) is 14.0 Å². The van der Waals surface area contributed by atoms with Gasteiger partial charge in [0.25, 0.3) is 5.56 Å². The summed E-state index contributed by atoms with van der Waals surface area (Å²) in [6, 6.07) is 11.3. The molecule has 0 N–H and O–H groups in total. The zero-order valence-electron chi connectivity index (χ0n) is 17.9. The molecule has 168 valence electrons. The summed E-state index contributed by atoms with van der Waals surface area (Å²) in [4.78, 5) is 29.2. The summed E-state index contributed by atoms with van der Waals surface area (Å²) in [5.74, 6) is -0.483. The van der Waals surface area contributed by atoms with E-state index in [9.17, 15) is 18.0 Å². The first-order valence-electron chi connectivity index (χ1n) is 10.6. The number of pyridine rings is 1. The van der Waals surface area contributed by atoms with Gasteiger partial charge < -0.3 is 4.74 Å². The van der Waals surface area contributed by atoms with Gasteiger partial charge in [0.15, 0.2) is 0 Å². The van der Waals surface area contributed by atoms with Crippen molar-refractivity contribution in [2.45, 2.75) is 44.1 Å². The van der Waals surface area contributed by atoms with Gasteiger partial charge in [0.2, 0.25) is 10.0 Å². The van der Waals surface area contributed by atoms with Crippen LogP contribution in [0, 0.1) is 6.92 Å². The van der Waals surface area contributed by atoms with Gasteiger partial charge in [-0.15, -0.1) is 0 Å². The van der Waals surface area contributed by atoms with Crippen LogP contribution >= 0.6 is 0 Å². The molecule has 1 fully saturated rings. The van der Waals surface area contributed by atoms with E-state index in [4.69, 9.17) is 4.74 Å². The maximum Gasteiger partial charge on any atom is 0.310 e. The molecule has 0 radical (unpaired) electrons. The molecule has 1 aromatic carbocycles. The number of carbonyl (C=O) groups excluding carboxylic acids is 1.